The van der Waals surface area contributed by atoms with Crippen molar-refractivity contribution in [3.63, 3.8) is 0 Å². The molecule has 0 N–H and O–H groups in total. The minimum absolute atomic E-state index is 0.0979. The molecule has 0 atom stereocenters. The topological polar surface area (TPSA) is 3.24 Å². The van der Waals surface area contributed by atoms with Crippen LogP contribution in [0.5, 0.6) is 0 Å². The molecule has 7 aromatic rings. The van der Waals surface area contributed by atoms with E-state index in [1.165, 1.54) is 109 Å². The molecule has 0 heterocycles. The van der Waals surface area contributed by atoms with Crippen molar-refractivity contribution in [2.75, 3.05) is 4.90 Å². The van der Waals surface area contributed by atoms with Crippen molar-refractivity contribution in [2.24, 2.45) is 0 Å². The smallest absolute Gasteiger partial charge is 0.0784 e. The molecule has 56 heavy (non-hydrogen) atoms. The van der Waals surface area contributed by atoms with E-state index in [1.807, 2.05) is 0 Å². The Kier molecular flexibility index (Phi) is 9.01. The molecule has 9 rings (SSSR count). The van der Waals surface area contributed by atoms with Crippen molar-refractivity contribution in [1.29, 1.82) is 0 Å². The first-order valence-electron chi connectivity index (χ1n) is 20.6. The Hall–Kier alpha value is -5.44. The Bertz CT molecular complexity index is 2530. The molecule has 0 aromatic heterocycles. The van der Waals surface area contributed by atoms with Crippen molar-refractivity contribution >= 4 is 30.3 Å². The third kappa shape index (κ3) is 6.35. The highest BCUT2D eigenvalue weighted by Crippen LogP contribution is 2.58. The lowest BCUT2D eigenvalue weighted by Gasteiger charge is -2.34. The zero-order valence-electron chi connectivity index (χ0n) is 33.9. The van der Waals surface area contributed by atoms with Crippen LogP contribution < -0.4 is 10.1 Å². The molecular weight excluding hydrogens is 691 g/mol. The van der Waals surface area contributed by atoms with Crippen LogP contribution in [0, 0.1) is 0 Å². The minimum atomic E-state index is -1.55. The second kappa shape index (κ2) is 13.9. The van der Waals surface area contributed by atoms with E-state index in [4.69, 9.17) is 0 Å². The van der Waals surface area contributed by atoms with Crippen LogP contribution in [0.2, 0.25) is 19.6 Å². The minimum Gasteiger partial charge on any atom is -0.310 e. The lowest BCUT2D eigenvalue weighted by molar-refractivity contribution is 0.550. The molecule has 2 heteroatoms. The largest absolute Gasteiger partial charge is 0.310 e. The Morgan fingerprint density at radius 2 is 1.00 bits per heavy atom. The van der Waals surface area contributed by atoms with Crippen LogP contribution in [0.25, 0.3) is 44.5 Å². The summed E-state index contributed by atoms with van der Waals surface area (Å²) < 4.78 is 0. The first kappa shape index (κ1) is 36.2. The number of fused-ring (bicyclic) bond motifs is 5. The normalized spacial score (nSPS) is 14.5. The van der Waals surface area contributed by atoms with Gasteiger partial charge in [-0.25, -0.2) is 0 Å². The molecular formula is C54H53NSi. The van der Waals surface area contributed by atoms with Crippen LogP contribution >= 0.6 is 0 Å². The van der Waals surface area contributed by atoms with Gasteiger partial charge in [-0.05, 0) is 116 Å². The van der Waals surface area contributed by atoms with Gasteiger partial charge in [-0.15, -0.1) is 0 Å². The van der Waals surface area contributed by atoms with Crippen molar-refractivity contribution in [2.45, 2.75) is 76.9 Å². The number of nitrogens with zero attached hydrogens (tertiary/aromatic N) is 1. The summed E-state index contributed by atoms with van der Waals surface area (Å²) in [4.78, 5) is 2.54. The first-order chi connectivity index (χ1) is 27.0. The fourth-order valence-corrected chi connectivity index (χ4v) is 11.3. The van der Waals surface area contributed by atoms with E-state index in [-0.39, 0.29) is 10.8 Å². The van der Waals surface area contributed by atoms with Gasteiger partial charge in [0.15, 0.2) is 0 Å². The van der Waals surface area contributed by atoms with Crippen LogP contribution in [0.15, 0.2) is 164 Å². The Labute approximate surface area is 335 Å². The standard InChI is InChI=1S/C54H53NSi/c1-53(2,3)50-36-42(40-24-22-39(23-25-40)38-16-8-7-9-17-38)28-33-51(50)55(43-29-26-41(27-30-43)45-18-11-13-21-52(45)56(4,5)6)44-31-32-47-46-19-10-12-20-48(46)54(49(47)37-44)34-14-15-35-54/h7-13,16-33,36-37H,14-15,34-35H2,1-6H3. The molecule has 0 bridgehead atoms. The monoisotopic (exact) mass is 743 g/mol. The number of hydrogen-bond acceptors (Lipinski definition) is 1. The zero-order valence-corrected chi connectivity index (χ0v) is 34.9. The molecule has 1 spiro atoms. The van der Waals surface area contributed by atoms with E-state index in [2.05, 4.69) is 209 Å². The number of rotatable bonds is 7. The van der Waals surface area contributed by atoms with Gasteiger partial charge < -0.3 is 4.90 Å². The fourth-order valence-electron chi connectivity index (χ4n) is 9.70. The molecule has 0 aliphatic heterocycles. The molecule has 1 saturated carbocycles. The first-order valence-corrected chi connectivity index (χ1v) is 24.1. The van der Waals surface area contributed by atoms with Crippen LogP contribution in [0.3, 0.4) is 0 Å². The van der Waals surface area contributed by atoms with Gasteiger partial charge in [0.25, 0.3) is 0 Å². The summed E-state index contributed by atoms with van der Waals surface area (Å²) in [5, 5.41) is 1.51. The average Bonchev–Trinajstić information content (AvgIpc) is 3.82. The highest BCUT2D eigenvalue weighted by atomic mass is 28.3. The van der Waals surface area contributed by atoms with Crippen molar-refractivity contribution < 1.29 is 0 Å². The van der Waals surface area contributed by atoms with E-state index in [9.17, 15) is 0 Å². The summed E-state index contributed by atoms with van der Waals surface area (Å²) in [5.41, 5.74) is 18.4. The highest BCUT2D eigenvalue weighted by Gasteiger charge is 2.45. The third-order valence-corrected chi connectivity index (χ3v) is 14.6. The van der Waals surface area contributed by atoms with Crippen LogP contribution in [0.4, 0.5) is 17.1 Å². The van der Waals surface area contributed by atoms with Crippen LogP contribution in [-0.2, 0) is 10.8 Å². The highest BCUT2D eigenvalue weighted by molar-refractivity contribution is 6.89. The predicted molar refractivity (Wildman–Crippen MR) is 244 cm³/mol. The quantitative estimate of drug-likeness (QED) is 0.147. The number of benzene rings is 7. The van der Waals surface area contributed by atoms with Gasteiger partial charge in [0.1, 0.15) is 0 Å². The lowest BCUT2D eigenvalue weighted by Crippen LogP contribution is -2.38. The summed E-state index contributed by atoms with van der Waals surface area (Å²) in [6.45, 7) is 14.4. The summed E-state index contributed by atoms with van der Waals surface area (Å²) in [5.74, 6) is 0. The average molecular weight is 744 g/mol. The second-order valence-electron chi connectivity index (χ2n) is 18.2. The predicted octanol–water partition coefficient (Wildman–Crippen LogP) is 14.8. The molecule has 278 valence electrons. The van der Waals surface area contributed by atoms with Gasteiger partial charge in [0.2, 0.25) is 0 Å². The van der Waals surface area contributed by atoms with E-state index in [1.54, 1.807) is 0 Å². The van der Waals surface area contributed by atoms with Crippen molar-refractivity contribution in [3.05, 3.63) is 180 Å². The molecule has 0 unspecified atom stereocenters. The third-order valence-electron chi connectivity index (χ3n) is 12.5. The Morgan fingerprint density at radius 1 is 0.464 bits per heavy atom. The van der Waals surface area contributed by atoms with Crippen molar-refractivity contribution in [3.8, 4) is 44.5 Å². The van der Waals surface area contributed by atoms with Gasteiger partial charge in [0.05, 0.1) is 8.07 Å². The molecule has 1 nitrogen and oxygen atoms in total. The summed E-state index contributed by atoms with van der Waals surface area (Å²) in [7, 11) is -1.55. The lowest BCUT2D eigenvalue weighted by atomic mass is 9.76. The Morgan fingerprint density at radius 3 is 1.68 bits per heavy atom. The summed E-state index contributed by atoms with van der Waals surface area (Å²) in [6, 6.07) is 61.9. The molecule has 7 aromatic carbocycles. The van der Waals surface area contributed by atoms with Gasteiger partial charge in [-0.3, -0.25) is 0 Å². The van der Waals surface area contributed by atoms with Crippen molar-refractivity contribution in [1.82, 2.24) is 0 Å². The van der Waals surface area contributed by atoms with E-state index in [0.717, 1.165) is 0 Å². The van der Waals surface area contributed by atoms with E-state index < -0.39 is 8.07 Å². The SMILES string of the molecule is CC(C)(C)c1cc(-c2ccc(-c3ccccc3)cc2)ccc1N(c1ccc(-c2ccccc2[Si](C)(C)C)cc1)c1ccc2c(c1)C1(CCCC1)c1ccccc1-2. The fraction of sp³-hybridized carbons (Fsp3) is 0.222. The number of anilines is 3. The molecule has 0 amide bonds. The van der Waals surface area contributed by atoms with Crippen LogP contribution in [-0.4, -0.2) is 8.07 Å². The molecule has 2 aliphatic carbocycles. The summed E-state index contributed by atoms with van der Waals surface area (Å²) >= 11 is 0. The molecule has 1 fully saturated rings. The zero-order chi connectivity index (χ0) is 38.7. The van der Waals surface area contributed by atoms with Gasteiger partial charge >= 0.3 is 0 Å². The van der Waals surface area contributed by atoms with E-state index in [0.29, 0.717) is 0 Å². The van der Waals surface area contributed by atoms with Crippen LogP contribution in [0.1, 0.15) is 63.1 Å². The maximum absolute atomic E-state index is 2.55. The maximum Gasteiger partial charge on any atom is 0.0784 e. The second-order valence-corrected chi connectivity index (χ2v) is 23.2. The van der Waals surface area contributed by atoms with Gasteiger partial charge in [-0.2, -0.15) is 0 Å². The van der Waals surface area contributed by atoms with Gasteiger partial charge in [-0.1, -0.05) is 186 Å². The van der Waals surface area contributed by atoms with E-state index >= 15 is 0 Å². The maximum atomic E-state index is 2.55. The molecule has 0 saturated heterocycles. The molecule has 0 radical (unpaired) electrons. The molecule has 2 aliphatic rings. The van der Waals surface area contributed by atoms with Gasteiger partial charge in [0, 0.05) is 22.5 Å². The Balaban J connectivity index is 1.20. The summed E-state index contributed by atoms with van der Waals surface area (Å²) in [6.07, 6.45) is 5.00. The number of hydrogen-bond donors (Lipinski definition) is 0.